The van der Waals surface area contributed by atoms with E-state index in [0.29, 0.717) is 34.3 Å². The van der Waals surface area contributed by atoms with E-state index in [1.54, 1.807) is 41.3 Å². The van der Waals surface area contributed by atoms with Crippen LogP contribution < -0.4 is 24.8 Å². The number of hydrogen-bond acceptors (Lipinski definition) is 6. The third kappa shape index (κ3) is 5.51. The third-order valence-electron chi connectivity index (χ3n) is 7.20. The summed E-state index contributed by atoms with van der Waals surface area (Å²) in [6, 6.07) is 18.7. The number of aromatic amines is 1. The van der Waals surface area contributed by atoms with Gasteiger partial charge in [0.2, 0.25) is 0 Å². The lowest BCUT2D eigenvalue weighted by molar-refractivity contribution is -0.123. The topological polar surface area (TPSA) is 122 Å². The standard InChI is InChI=1S/C30H27ClN4O6/c1-39-25-10-7-18-11-26(25)40-16-28(36)32-13-17-5-8-19(9-6-17)41-27-15-35(14-24(27)34-29(18)37)30(38)23-12-20-21(31)3-2-4-22(20)33-23/h2-12,24,27,33H,13-16H2,1H3,(H,32,36)(H,34,37)/t24-,27-/m0/s1. The van der Waals surface area contributed by atoms with Crippen LogP contribution in [0.3, 0.4) is 0 Å². The molecule has 3 aliphatic heterocycles. The van der Waals surface area contributed by atoms with Crippen LogP contribution in [0.25, 0.3) is 10.9 Å². The summed E-state index contributed by atoms with van der Waals surface area (Å²) in [4.78, 5) is 44.1. The SMILES string of the molecule is COc1ccc2cc1OCC(=O)NCc1ccc(cc1)O[C@H]1CN(C(=O)c3cc4c(Cl)cccc4[nH]3)C[C@@H]1NC2=O. The van der Waals surface area contributed by atoms with E-state index in [9.17, 15) is 14.4 Å². The number of nitrogens with zero attached hydrogens (tertiary/aromatic N) is 1. The number of fused-ring (bicyclic) bond motifs is 8. The minimum Gasteiger partial charge on any atom is -0.493 e. The molecule has 1 fully saturated rings. The smallest absolute Gasteiger partial charge is 0.270 e. The number of rotatable bonds is 2. The van der Waals surface area contributed by atoms with Gasteiger partial charge in [0.1, 0.15) is 17.5 Å². The van der Waals surface area contributed by atoms with Crippen LogP contribution in [0.1, 0.15) is 26.4 Å². The molecule has 1 aromatic heterocycles. The van der Waals surface area contributed by atoms with Gasteiger partial charge in [-0.2, -0.15) is 0 Å². The van der Waals surface area contributed by atoms with Gasteiger partial charge in [-0.3, -0.25) is 14.4 Å². The lowest BCUT2D eigenvalue weighted by Gasteiger charge is -2.21. The van der Waals surface area contributed by atoms with Crippen molar-refractivity contribution in [3.8, 4) is 17.2 Å². The molecule has 0 aliphatic carbocycles. The van der Waals surface area contributed by atoms with Crippen LogP contribution in [-0.4, -0.2) is 66.6 Å². The van der Waals surface area contributed by atoms with Crippen molar-refractivity contribution in [2.75, 3.05) is 26.8 Å². The van der Waals surface area contributed by atoms with E-state index in [-0.39, 0.29) is 43.2 Å². The number of carbonyl (C=O) groups excluding carboxylic acids is 3. The molecule has 4 aromatic rings. The minimum absolute atomic E-state index is 0.226. The summed E-state index contributed by atoms with van der Waals surface area (Å²) in [6.07, 6.45) is -0.522. The molecular weight excluding hydrogens is 548 g/mol. The van der Waals surface area contributed by atoms with E-state index in [4.69, 9.17) is 25.8 Å². The zero-order chi connectivity index (χ0) is 28.5. The molecule has 41 heavy (non-hydrogen) atoms. The summed E-state index contributed by atoms with van der Waals surface area (Å²) >= 11 is 6.32. The number of likely N-dealkylation sites (tertiary alicyclic amines) is 1. The van der Waals surface area contributed by atoms with E-state index in [0.717, 1.165) is 16.5 Å². The first-order valence-corrected chi connectivity index (χ1v) is 13.5. The van der Waals surface area contributed by atoms with Gasteiger partial charge < -0.3 is 34.7 Å². The van der Waals surface area contributed by atoms with Crippen molar-refractivity contribution in [2.24, 2.45) is 0 Å². The van der Waals surface area contributed by atoms with Crippen LogP contribution in [0.15, 0.2) is 66.7 Å². The Morgan fingerprint density at radius 1 is 1.05 bits per heavy atom. The molecule has 0 unspecified atom stereocenters. The van der Waals surface area contributed by atoms with E-state index in [2.05, 4.69) is 15.6 Å². The largest absolute Gasteiger partial charge is 0.493 e. The summed E-state index contributed by atoms with van der Waals surface area (Å²) in [6.45, 7) is 0.544. The van der Waals surface area contributed by atoms with Crippen molar-refractivity contribution in [1.82, 2.24) is 20.5 Å². The highest BCUT2D eigenvalue weighted by Gasteiger charge is 2.39. The second-order valence-corrected chi connectivity index (χ2v) is 10.3. The van der Waals surface area contributed by atoms with Crippen molar-refractivity contribution in [3.05, 3.63) is 88.6 Å². The monoisotopic (exact) mass is 574 g/mol. The van der Waals surface area contributed by atoms with Crippen LogP contribution >= 0.6 is 11.6 Å². The molecule has 210 valence electrons. The quantitative estimate of drug-likeness (QED) is 0.337. The average Bonchev–Trinajstić information content (AvgIpc) is 3.60. The van der Waals surface area contributed by atoms with Gasteiger partial charge in [-0.25, -0.2) is 0 Å². The normalized spacial score (nSPS) is 19.0. The maximum Gasteiger partial charge on any atom is 0.270 e. The Morgan fingerprint density at radius 3 is 2.66 bits per heavy atom. The van der Waals surface area contributed by atoms with Gasteiger partial charge in [0.05, 0.1) is 19.7 Å². The maximum absolute atomic E-state index is 13.5. The Bertz CT molecular complexity index is 1640. The second kappa shape index (κ2) is 11.1. The van der Waals surface area contributed by atoms with Gasteiger partial charge >= 0.3 is 0 Å². The second-order valence-electron chi connectivity index (χ2n) is 9.91. The molecule has 3 aromatic carbocycles. The fraction of sp³-hybridized carbons (Fsp3) is 0.233. The first-order valence-electron chi connectivity index (χ1n) is 13.1. The first kappa shape index (κ1) is 26.5. The Labute approximate surface area is 240 Å². The third-order valence-corrected chi connectivity index (χ3v) is 7.53. The van der Waals surface area contributed by atoms with Crippen molar-refractivity contribution in [2.45, 2.75) is 18.7 Å². The summed E-state index contributed by atoms with van der Waals surface area (Å²) in [5, 5.41) is 7.15. The van der Waals surface area contributed by atoms with Crippen LogP contribution in [0.5, 0.6) is 17.2 Å². The van der Waals surface area contributed by atoms with Gasteiger partial charge in [0.25, 0.3) is 17.7 Å². The number of aromatic nitrogens is 1. The number of carbonyl (C=O) groups is 3. The Morgan fingerprint density at radius 2 is 1.88 bits per heavy atom. The van der Waals surface area contributed by atoms with Crippen molar-refractivity contribution < 1.29 is 28.6 Å². The number of amides is 3. The molecule has 3 aliphatic rings. The van der Waals surface area contributed by atoms with Gasteiger partial charge in [-0.1, -0.05) is 29.8 Å². The van der Waals surface area contributed by atoms with Crippen LogP contribution in [0, 0.1) is 0 Å². The summed E-state index contributed by atoms with van der Waals surface area (Å²) in [5.74, 6) is 0.304. The van der Waals surface area contributed by atoms with E-state index >= 15 is 0 Å². The van der Waals surface area contributed by atoms with Crippen molar-refractivity contribution in [1.29, 1.82) is 0 Å². The molecule has 4 bridgehead atoms. The maximum atomic E-state index is 13.5. The molecule has 0 spiro atoms. The average molecular weight is 575 g/mol. The van der Waals surface area contributed by atoms with E-state index in [1.165, 1.54) is 13.2 Å². The van der Waals surface area contributed by atoms with Gasteiger partial charge in [-0.05, 0) is 54.1 Å². The molecular formula is C30H27ClN4O6. The number of halogens is 1. The number of hydrogen-bond donors (Lipinski definition) is 3. The van der Waals surface area contributed by atoms with E-state index in [1.807, 2.05) is 24.3 Å². The molecule has 1 saturated heterocycles. The van der Waals surface area contributed by atoms with Crippen molar-refractivity contribution in [3.63, 3.8) is 0 Å². The molecule has 11 heteroatoms. The molecule has 0 radical (unpaired) electrons. The molecule has 3 N–H and O–H groups in total. The van der Waals surface area contributed by atoms with Crippen molar-refractivity contribution >= 4 is 40.2 Å². The lowest BCUT2D eigenvalue weighted by Crippen LogP contribution is -2.45. The Kier molecular flexibility index (Phi) is 7.15. The number of benzene rings is 3. The summed E-state index contributed by atoms with van der Waals surface area (Å²) in [5.41, 5.74) is 2.35. The van der Waals surface area contributed by atoms with Gasteiger partial charge in [-0.15, -0.1) is 0 Å². The number of H-pyrrole nitrogens is 1. The van der Waals surface area contributed by atoms with Crippen LogP contribution in [0.2, 0.25) is 5.02 Å². The Hall–Kier alpha value is -4.70. The zero-order valence-electron chi connectivity index (χ0n) is 22.1. The molecule has 3 amide bonds. The highest BCUT2D eigenvalue weighted by atomic mass is 35.5. The summed E-state index contributed by atoms with van der Waals surface area (Å²) < 4.78 is 17.3. The van der Waals surface area contributed by atoms with Crippen LogP contribution in [-0.2, 0) is 11.3 Å². The van der Waals surface area contributed by atoms with E-state index < -0.39 is 12.1 Å². The fourth-order valence-corrected chi connectivity index (χ4v) is 5.27. The van der Waals surface area contributed by atoms with Gasteiger partial charge in [0.15, 0.2) is 18.1 Å². The fourth-order valence-electron chi connectivity index (χ4n) is 5.04. The predicted octanol–water partition coefficient (Wildman–Crippen LogP) is 3.54. The van der Waals surface area contributed by atoms with Crippen LogP contribution in [0.4, 0.5) is 0 Å². The highest BCUT2D eigenvalue weighted by molar-refractivity contribution is 6.35. The summed E-state index contributed by atoms with van der Waals surface area (Å²) in [7, 11) is 1.48. The minimum atomic E-state index is -0.522. The Balaban J connectivity index is 1.30. The first-order chi connectivity index (χ1) is 19.9. The molecule has 4 heterocycles. The highest BCUT2D eigenvalue weighted by Crippen LogP contribution is 2.29. The number of ether oxygens (including phenoxy) is 3. The zero-order valence-corrected chi connectivity index (χ0v) is 22.9. The lowest BCUT2D eigenvalue weighted by atomic mass is 10.1. The number of methoxy groups -OCH3 is 1. The molecule has 0 saturated carbocycles. The molecule has 2 atom stereocenters. The number of nitrogens with one attached hydrogen (secondary N) is 3. The van der Waals surface area contributed by atoms with Gasteiger partial charge in [0, 0.05) is 34.6 Å². The predicted molar refractivity (Wildman–Crippen MR) is 152 cm³/mol. The molecule has 7 rings (SSSR count). The molecule has 10 nitrogen and oxygen atoms in total.